The van der Waals surface area contributed by atoms with Crippen LogP contribution in [0, 0.1) is 5.82 Å². The Labute approximate surface area is 156 Å². The lowest BCUT2D eigenvalue weighted by molar-refractivity contribution is -0.116. The predicted molar refractivity (Wildman–Crippen MR) is 98.9 cm³/mol. The minimum Gasteiger partial charge on any atom is -0.494 e. The number of anilines is 1. The molecule has 0 unspecified atom stereocenters. The van der Waals surface area contributed by atoms with Crippen molar-refractivity contribution in [2.45, 2.75) is 26.2 Å². The van der Waals surface area contributed by atoms with E-state index in [4.69, 9.17) is 9.26 Å². The third-order valence-corrected chi connectivity index (χ3v) is 3.81. The Morgan fingerprint density at radius 2 is 1.89 bits per heavy atom. The van der Waals surface area contributed by atoms with Gasteiger partial charge in [-0.05, 0) is 61.9 Å². The van der Waals surface area contributed by atoms with Gasteiger partial charge < -0.3 is 14.6 Å². The molecule has 1 amide bonds. The van der Waals surface area contributed by atoms with Gasteiger partial charge in [-0.3, -0.25) is 4.79 Å². The Morgan fingerprint density at radius 1 is 1.15 bits per heavy atom. The van der Waals surface area contributed by atoms with Crippen LogP contribution in [0.3, 0.4) is 0 Å². The first kappa shape index (κ1) is 18.6. The van der Waals surface area contributed by atoms with Crippen LogP contribution in [0.5, 0.6) is 5.75 Å². The number of aryl methyl sites for hydroxylation is 1. The van der Waals surface area contributed by atoms with Crippen molar-refractivity contribution < 1.29 is 18.4 Å². The van der Waals surface area contributed by atoms with Gasteiger partial charge in [0.2, 0.25) is 17.6 Å². The van der Waals surface area contributed by atoms with Crippen molar-refractivity contribution >= 4 is 11.6 Å². The zero-order valence-corrected chi connectivity index (χ0v) is 14.9. The zero-order chi connectivity index (χ0) is 19.1. The molecule has 27 heavy (non-hydrogen) atoms. The lowest BCUT2D eigenvalue weighted by Gasteiger charge is -2.06. The van der Waals surface area contributed by atoms with E-state index in [0.717, 1.165) is 11.4 Å². The number of carbonyl (C=O) groups excluding carboxylic acids is 1. The molecule has 7 heteroatoms. The fourth-order valence-corrected chi connectivity index (χ4v) is 2.50. The van der Waals surface area contributed by atoms with E-state index in [-0.39, 0.29) is 11.7 Å². The smallest absolute Gasteiger partial charge is 0.226 e. The maximum atomic E-state index is 13.0. The van der Waals surface area contributed by atoms with Crippen molar-refractivity contribution in [1.29, 1.82) is 0 Å². The summed E-state index contributed by atoms with van der Waals surface area (Å²) in [5.74, 6) is 1.22. The number of ether oxygens (including phenoxy) is 1. The second kappa shape index (κ2) is 8.93. The number of rotatable bonds is 8. The summed E-state index contributed by atoms with van der Waals surface area (Å²) in [4.78, 5) is 16.3. The molecule has 3 rings (SSSR count). The van der Waals surface area contributed by atoms with E-state index in [1.54, 1.807) is 24.3 Å². The molecule has 0 radical (unpaired) electrons. The molecule has 0 saturated carbocycles. The van der Waals surface area contributed by atoms with Gasteiger partial charge in [0.15, 0.2) is 0 Å². The Balaban J connectivity index is 1.45. The molecule has 140 valence electrons. The van der Waals surface area contributed by atoms with E-state index in [1.807, 2.05) is 19.1 Å². The second-order valence-corrected chi connectivity index (χ2v) is 5.88. The SMILES string of the molecule is CCOc1ccc(NC(=O)CCCc2nc(-c3ccc(F)cc3)no2)cc1. The maximum absolute atomic E-state index is 13.0. The second-order valence-electron chi connectivity index (χ2n) is 5.88. The average Bonchev–Trinajstić information content (AvgIpc) is 3.13. The Kier molecular flexibility index (Phi) is 6.14. The molecule has 0 spiro atoms. The summed E-state index contributed by atoms with van der Waals surface area (Å²) in [5, 5.41) is 6.72. The first-order valence-electron chi connectivity index (χ1n) is 8.75. The summed E-state index contributed by atoms with van der Waals surface area (Å²) < 4.78 is 23.5. The fourth-order valence-electron chi connectivity index (χ4n) is 2.50. The minimum absolute atomic E-state index is 0.0857. The molecule has 0 saturated heterocycles. The first-order chi connectivity index (χ1) is 13.1. The standard InChI is InChI=1S/C20H20FN3O3/c1-2-26-17-12-10-16(11-13-17)22-18(25)4-3-5-19-23-20(24-27-19)14-6-8-15(21)9-7-14/h6-13H,2-5H2,1H3,(H,22,25). The van der Waals surface area contributed by atoms with Crippen molar-refractivity contribution in [3.05, 3.63) is 60.2 Å². The van der Waals surface area contributed by atoms with Gasteiger partial charge in [0.05, 0.1) is 6.61 Å². The van der Waals surface area contributed by atoms with Crippen molar-refractivity contribution in [2.75, 3.05) is 11.9 Å². The van der Waals surface area contributed by atoms with Crippen LogP contribution >= 0.6 is 0 Å². The molecule has 0 bridgehead atoms. The summed E-state index contributed by atoms with van der Waals surface area (Å²) >= 11 is 0. The fraction of sp³-hybridized carbons (Fsp3) is 0.250. The first-order valence-corrected chi connectivity index (χ1v) is 8.75. The van der Waals surface area contributed by atoms with E-state index in [0.29, 0.717) is 43.1 Å². The van der Waals surface area contributed by atoms with Gasteiger partial charge in [-0.25, -0.2) is 4.39 Å². The van der Waals surface area contributed by atoms with E-state index >= 15 is 0 Å². The lowest BCUT2D eigenvalue weighted by atomic mass is 10.2. The summed E-state index contributed by atoms with van der Waals surface area (Å²) in [6.07, 6.45) is 1.40. The number of amides is 1. The van der Waals surface area contributed by atoms with Gasteiger partial charge in [0.1, 0.15) is 11.6 Å². The van der Waals surface area contributed by atoms with Crippen molar-refractivity contribution in [2.24, 2.45) is 0 Å². The van der Waals surface area contributed by atoms with Crippen LogP contribution < -0.4 is 10.1 Å². The van der Waals surface area contributed by atoms with Gasteiger partial charge in [-0.1, -0.05) is 5.16 Å². The third-order valence-electron chi connectivity index (χ3n) is 3.81. The Hall–Kier alpha value is -3.22. The van der Waals surface area contributed by atoms with Crippen LogP contribution in [0.25, 0.3) is 11.4 Å². The quantitative estimate of drug-likeness (QED) is 0.643. The average molecular weight is 369 g/mol. The summed E-state index contributed by atoms with van der Waals surface area (Å²) in [7, 11) is 0. The highest BCUT2D eigenvalue weighted by Crippen LogP contribution is 2.18. The molecular weight excluding hydrogens is 349 g/mol. The number of carbonyl (C=O) groups is 1. The molecule has 3 aromatic rings. The van der Waals surface area contributed by atoms with Crippen LogP contribution in [0.1, 0.15) is 25.7 Å². The molecule has 0 aliphatic carbocycles. The molecule has 0 fully saturated rings. The van der Waals surface area contributed by atoms with Gasteiger partial charge in [-0.2, -0.15) is 4.98 Å². The summed E-state index contributed by atoms with van der Waals surface area (Å²) in [6.45, 7) is 2.52. The molecular formula is C20H20FN3O3. The van der Waals surface area contributed by atoms with E-state index in [2.05, 4.69) is 15.5 Å². The van der Waals surface area contributed by atoms with E-state index in [1.165, 1.54) is 12.1 Å². The number of hydrogen-bond donors (Lipinski definition) is 1. The molecule has 1 heterocycles. The topological polar surface area (TPSA) is 77.2 Å². The number of halogens is 1. The van der Waals surface area contributed by atoms with Crippen molar-refractivity contribution in [3.63, 3.8) is 0 Å². The van der Waals surface area contributed by atoms with E-state index in [9.17, 15) is 9.18 Å². The van der Waals surface area contributed by atoms with Gasteiger partial charge in [0, 0.05) is 24.1 Å². The van der Waals surface area contributed by atoms with Crippen LogP contribution in [0.2, 0.25) is 0 Å². The summed E-state index contributed by atoms with van der Waals surface area (Å²) in [6, 6.07) is 13.1. The zero-order valence-electron chi connectivity index (χ0n) is 14.9. The molecule has 2 aromatic carbocycles. The number of aromatic nitrogens is 2. The van der Waals surface area contributed by atoms with Crippen LogP contribution in [-0.2, 0) is 11.2 Å². The monoisotopic (exact) mass is 369 g/mol. The third kappa shape index (κ3) is 5.37. The normalized spacial score (nSPS) is 10.6. The van der Waals surface area contributed by atoms with Crippen LogP contribution in [0.4, 0.5) is 10.1 Å². The Morgan fingerprint density at radius 3 is 2.59 bits per heavy atom. The number of nitrogens with one attached hydrogen (secondary N) is 1. The molecule has 6 nitrogen and oxygen atoms in total. The van der Waals surface area contributed by atoms with Crippen LogP contribution in [-0.4, -0.2) is 22.7 Å². The molecule has 1 N–H and O–H groups in total. The minimum atomic E-state index is -0.319. The van der Waals surface area contributed by atoms with Gasteiger partial charge >= 0.3 is 0 Å². The molecule has 0 aliphatic heterocycles. The lowest BCUT2D eigenvalue weighted by Crippen LogP contribution is -2.11. The van der Waals surface area contributed by atoms with Gasteiger partial charge in [0.25, 0.3) is 0 Å². The predicted octanol–water partition coefficient (Wildman–Crippen LogP) is 4.24. The molecule has 0 atom stereocenters. The Bertz CT molecular complexity index is 876. The highest BCUT2D eigenvalue weighted by Gasteiger charge is 2.10. The highest BCUT2D eigenvalue weighted by atomic mass is 19.1. The van der Waals surface area contributed by atoms with Crippen molar-refractivity contribution in [3.8, 4) is 17.1 Å². The summed E-state index contributed by atoms with van der Waals surface area (Å²) in [5.41, 5.74) is 1.40. The number of benzene rings is 2. The number of nitrogens with zero attached hydrogens (tertiary/aromatic N) is 2. The van der Waals surface area contributed by atoms with Gasteiger partial charge in [-0.15, -0.1) is 0 Å². The van der Waals surface area contributed by atoms with E-state index < -0.39 is 0 Å². The largest absolute Gasteiger partial charge is 0.494 e. The molecule has 1 aromatic heterocycles. The highest BCUT2D eigenvalue weighted by molar-refractivity contribution is 5.90. The molecule has 0 aliphatic rings. The van der Waals surface area contributed by atoms with Crippen molar-refractivity contribution in [1.82, 2.24) is 10.1 Å². The van der Waals surface area contributed by atoms with Crippen LogP contribution in [0.15, 0.2) is 53.1 Å². The maximum Gasteiger partial charge on any atom is 0.226 e. The number of hydrogen-bond acceptors (Lipinski definition) is 5.